The van der Waals surface area contributed by atoms with Gasteiger partial charge in [0.1, 0.15) is 5.82 Å². The minimum Gasteiger partial charge on any atom is -0.668 e. The summed E-state index contributed by atoms with van der Waals surface area (Å²) in [5.41, 5.74) is 8.83. The Morgan fingerprint density at radius 3 is 2.42 bits per heavy atom. The van der Waals surface area contributed by atoms with E-state index in [-0.39, 0.29) is 43.3 Å². The number of unbranched alkanes of at least 4 members (excludes halogenated alkanes) is 4. The first-order chi connectivity index (χ1) is 23.2. The standard InChI is InChI=1S/C39H52N3O6/c1-4-6-8-11-26(12-9-7-5-2)22-33(45)37(47)32(44)15-14-27-21-31(36(46)34(23-27)48-3)35-29-17-20-42-38(40)30(29)16-18-39(35,25-43)24-28-13-10-19-41-28/h10,13,16-21,23,26,35,37,43,46-47H,4-9,11-12,14-15,22,24-25H2,1-3H3,(H2,40,42)/q-1/t35-,37+,39-/m0/s1. The largest absolute Gasteiger partial charge is 0.668 e. The molecule has 0 saturated heterocycles. The van der Waals surface area contributed by atoms with Crippen LogP contribution in [0.5, 0.6) is 11.5 Å². The second-order valence-electron chi connectivity index (χ2n) is 13.3. The molecule has 260 valence electrons. The third-order valence-corrected chi connectivity index (χ3v) is 9.83. The number of aryl methyl sites for hydroxylation is 1. The van der Waals surface area contributed by atoms with E-state index in [2.05, 4.69) is 23.8 Å². The van der Waals surface area contributed by atoms with Crippen molar-refractivity contribution in [1.82, 2.24) is 9.97 Å². The Bertz CT molecular complexity index is 1520. The number of carbonyl (C=O) groups is 2. The average molecular weight is 659 g/mol. The highest BCUT2D eigenvalue weighted by Crippen LogP contribution is 2.53. The van der Waals surface area contributed by atoms with Gasteiger partial charge in [0, 0.05) is 41.5 Å². The second-order valence-corrected chi connectivity index (χ2v) is 13.3. The van der Waals surface area contributed by atoms with Gasteiger partial charge >= 0.3 is 0 Å². The number of aliphatic hydroxyl groups excluding tert-OH is 2. The van der Waals surface area contributed by atoms with Crippen LogP contribution in [0.25, 0.3) is 6.08 Å². The number of anilines is 1. The molecule has 4 rings (SSSR count). The van der Waals surface area contributed by atoms with Gasteiger partial charge in [0.15, 0.2) is 29.2 Å². The molecular formula is C39H52N3O6-. The summed E-state index contributed by atoms with van der Waals surface area (Å²) in [6.45, 7) is 4.05. The summed E-state index contributed by atoms with van der Waals surface area (Å²) < 4.78 is 5.58. The number of phenolic OH excluding ortho intramolecular Hbond substituents is 1. The molecule has 1 aliphatic rings. The number of carbonyl (C=O) groups excluding carboxylic acids is 2. The number of ether oxygens (including phenoxy) is 1. The minimum atomic E-state index is -1.66. The number of nitrogens with two attached hydrogens (primary N) is 1. The number of phenols is 1. The number of rotatable bonds is 20. The van der Waals surface area contributed by atoms with Crippen molar-refractivity contribution in [2.75, 3.05) is 19.5 Å². The average Bonchev–Trinajstić information content (AvgIpc) is 3.60. The summed E-state index contributed by atoms with van der Waals surface area (Å²) in [6, 6.07) is 9.05. The zero-order chi connectivity index (χ0) is 34.7. The molecule has 1 aliphatic carbocycles. The molecule has 0 aliphatic heterocycles. The number of nitrogen functional groups attached to an aromatic ring is 1. The predicted molar refractivity (Wildman–Crippen MR) is 188 cm³/mol. The van der Waals surface area contributed by atoms with E-state index in [1.165, 1.54) is 7.11 Å². The fraction of sp³-hybridized carbons (Fsp3) is 0.513. The number of methoxy groups -OCH3 is 1. The molecule has 2 heterocycles. The number of hydrogen-bond acceptors (Lipinski definition) is 8. The van der Waals surface area contributed by atoms with E-state index >= 15 is 0 Å². The fourth-order valence-corrected chi connectivity index (χ4v) is 7.11. The van der Waals surface area contributed by atoms with Gasteiger partial charge in [-0.15, -0.1) is 0 Å². The number of aromatic nitrogens is 2. The van der Waals surface area contributed by atoms with Crippen molar-refractivity contribution in [3.8, 4) is 11.5 Å². The van der Waals surface area contributed by atoms with E-state index in [4.69, 9.17) is 10.5 Å². The zero-order valence-electron chi connectivity index (χ0n) is 28.7. The topological polar surface area (TPSA) is 157 Å². The number of Topliss-reactive ketones (excluding diaryl/α,β-unsaturated/α-hetero) is 2. The van der Waals surface area contributed by atoms with E-state index < -0.39 is 29.0 Å². The van der Waals surface area contributed by atoms with Gasteiger partial charge in [0.25, 0.3) is 0 Å². The van der Waals surface area contributed by atoms with Gasteiger partial charge in [-0.2, -0.15) is 11.9 Å². The quantitative estimate of drug-likeness (QED) is 0.0806. The van der Waals surface area contributed by atoms with Gasteiger partial charge in [0.2, 0.25) is 0 Å². The van der Waals surface area contributed by atoms with Crippen LogP contribution in [0.15, 0.2) is 48.8 Å². The van der Waals surface area contributed by atoms with Crippen LogP contribution in [0.4, 0.5) is 5.82 Å². The van der Waals surface area contributed by atoms with Gasteiger partial charge in [-0.25, -0.2) is 4.98 Å². The lowest BCUT2D eigenvalue weighted by Crippen LogP contribution is -2.37. The molecule has 48 heavy (non-hydrogen) atoms. The van der Waals surface area contributed by atoms with Gasteiger partial charge in [0.05, 0.1) is 13.7 Å². The van der Waals surface area contributed by atoms with Crippen LogP contribution in [0, 0.1) is 11.3 Å². The first-order valence-corrected chi connectivity index (χ1v) is 17.4. The number of aliphatic hydroxyl groups is 2. The number of pyridine rings is 1. The van der Waals surface area contributed by atoms with E-state index in [9.17, 15) is 24.9 Å². The van der Waals surface area contributed by atoms with E-state index in [1.54, 1.807) is 18.5 Å². The van der Waals surface area contributed by atoms with Crippen LogP contribution in [-0.4, -0.2) is 51.7 Å². The Hall–Kier alpha value is -3.95. The van der Waals surface area contributed by atoms with E-state index in [0.717, 1.165) is 62.6 Å². The molecule has 0 bridgehead atoms. The molecule has 1 aromatic carbocycles. The van der Waals surface area contributed by atoms with Crippen molar-refractivity contribution in [3.05, 3.63) is 76.7 Å². The van der Waals surface area contributed by atoms with Crippen molar-refractivity contribution in [2.45, 2.75) is 103 Å². The Labute approximate surface area is 284 Å². The Kier molecular flexibility index (Phi) is 13.4. The van der Waals surface area contributed by atoms with Gasteiger partial charge in [-0.3, -0.25) is 9.59 Å². The molecule has 2 aromatic heterocycles. The monoisotopic (exact) mass is 658 g/mol. The zero-order valence-corrected chi connectivity index (χ0v) is 28.7. The summed E-state index contributed by atoms with van der Waals surface area (Å²) >= 11 is 0. The lowest BCUT2D eigenvalue weighted by molar-refractivity contribution is -0.139. The molecule has 0 spiro atoms. The van der Waals surface area contributed by atoms with Crippen LogP contribution in [0.1, 0.15) is 112 Å². The highest BCUT2D eigenvalue weighted by atomic mass is 16.5. The summed E-state index contributed by atoms with van der Waals surface area (Å²) in [7, 11) is 1.46. The molecule has 0 amide bonds. The maximum atomic E-state index is 13.2. The van der Waals surface area contributed by atoms with Crippen molar-refractivity contribution < 1.29 is 29.6 Å². The van der Waals surface area contributed by atoms with Gasteiger partial charge in [-0.05, 0) is 42.0 Å². The first-order valence-electron chi connectivity index (χ1n) is 17.4. The highest BCUT2D eigenvalue weighted by Gasteiger charge is 2.43. The molecule has 3 atom stereocenters. The van der Waals surface area contributed by atoms with Gasteiger partial charge in [-0.1, -0.05) is 95.6 Å². The molecule has 5 N–H and O–H groups in total. The SMILES string of the molecule is CCCCCC(CCCCC)CC(=O)[C@H](O)C(=O)CCc1cc(OC)c(O)c([C@@H]2c3ccnc(N)c3C=C[C@@]2(CO)Cc2ccc[n-]2)c1. The van der Waals surface area contributed by atoms with Crippen molar-refractivity contribution >= 4 is 23.5 Å². The lowest BCUT2D eigenvalue weighted by atomic mass is 9.63. The summed E-state index contributed by atoms with van der Waals surface area (Å²) in [5.74, 6) is -0.872. The third kappa shape index (κ3) is 8.74. The van der Waals surface area contributed by atoms with Crippen LogP contribution in [0.3, 0.4) is 0 Å². The number of benzene rings is 1. The Balaban J connectivity index is 1.59. The molecule has 9 nitrogen and oxygen atoms in total. The van der Waals surface area contributed by atoms with Crippen molar-refractivity contribution in [2.24, 2.45) is 11.3 Å². The maximum absolute atomic E-state index is 13.2. The molecule has 9 heteroatoms. The number of nitrogens with zero attached hydrogens (tertiary/aromatic N) is 2. The second kappa shape index (κ2) is 17.4. The van der Waals surface area contributed by atoms with Gasteiger partial charge < -0.3 is 30.8 Å². The van der Waals surface area contributed by atoms with Crippen LogP contribution < -0.4 is 15.5 Å². The molecular weight excluding hydrogens is 606 g/mol. The minimum absolute atomic E-state index is 0.0583. The van der Waals surface area contributed by atoms with Crippen LogP contribution in [0.2, 0.25) is 0 Å². The number of aromatic hydroxyl groups is 1. The maximum Gasteiger partial charge on any atom is 0.170 e. The van der Waals surface area contributed by atoms with Crippen molar-refractivity contribution in [3.63, 3.8) is 0 Å². The predicted octanol–water partition coefficient (Wildman–Crippen LogP) is 6.31. The smallest absolute Gasteiger partial charge is 0.170 e. The summed E-state index contributed by atoms with van der Waals surface area (Å²) in [4.78, 5) is 35.0. The normalized spacial score (nSPS) is 17.8. The third-order valence-electron chi connectivity index (χ3n) is 9.83. The fourth-order valence-electron chi connectivity index (χ4n) is 7.11. The number of fused-ring (bicyclic) bond motifs is 1. The van der Waals surface area contributed by atoms with Crippen molar-refractivity contribution in [1.29, 1.82) is 0 Å². The molecule has 3 aromatic rings. The molecule has 0 unspecified atom stereocenters. The van der Waals surface area contributed by atoms with Crippen LogP contribution in [-0.2, 0) is 22.4 Å². The molecule has 0 fully saturated rings. The van der Waals surface area contributed by atoms with Crippen LogP contribution >= 0.6 is 0 Å². The number of ketones is 2. The molecule has 0 radical (unpaired) electrons. The highest BCUT2D eigenvalue weighted by molar-refractivity contribution is 6.05. The Morgan fingerprint density at radius 1 is 1.06 bits per heavy atom. The summed E-state index contributed by atoms with van der Waals surface area (Å²) in [6.07, 6.45) is 14.5. The molecule has 0 saturated carbocycles. The summed E-state index contributed by atoms with van der Waals surface area (Å²) in [5, 5.41) is 33.3. The lowest BCUT2D eigenvalue weighted by Gasteiger charge is -2.42. The Morgan fingerprint density at radius 2 is 1.79 bits per heavy atom. The first kappa shape index (κ1) is 36.9. The van der Waals surface area contributed by atoms with E-state index in [0.29, 0.717) is 28.9 Å². The van der Waals surface area contributed by atoms with E-state index in [1.807, 2.05) is 36.4 Å². The number of hydrogen-bond donors (Lipinski definition) is 4.